The van der Waals surface area contributed by atoms with Crippen LogP contribution in [0.4, 0.5) is 11.4 Å². The van der Waals surface area contributed by atoms with E-state index in [1.807, 2.05) is 32.0 Å². The number of rotatable bonds is 4. The SMILES string of the molecule is Cc1ccc(C)c(N=C2S[C@@H](C(=O)Nc3ccc(Cl)cc3Cl)C(N)=C2C(=O)N2CCCCC2)c1. The van der Waals surface area contributed by atoms with Gasteiger partial charge in [-0.1, -0.05) is 47.1 Å². The Balaban J connectivity index is 1.70. The number of anilines is 1. The van der Waals surface area contributed by atoms with Crippen LogP contribution in [0.15, 0.2) is 52.7 Å². The summed E-state index contributed by atoms with van der Waals surface area (Å²) >= 11 is 13.4. The van der Waals surface area contributed by atoms with E-state index in [0.717, 1.165) is 36.1 Å². The lowest BCUT2D eigenvalue weighted by Crippen LogP contribution is -2.38. The van der Waals surface area contributed by atoms with Crippen molar-refractivity contribution in [1.29, 1.82) is 0 Å². The Hall–Kier alpha value is -2.48. The van der Waals surface area contributed by atoms with E-state index < -0.39 is 5.25 Å². The van der Waals surface area contributed by atoms with Crippen molar-refractivity contribution in [3.05, 3.63) is 68.8 Å². The molecule has 1 saturated heterocycles. The van der Waals surface area contributed by atoms with E-state index in [1.165, 1.54) is 11.8 Å². The first kappa shape index (κ1) is 24.6. The van der Waals surface area contributed by atoms with Crippen LogP contribution in [0.3, 0.4) is 0 Å². The van der Waals surface area contributed by atoms with E-state index in [-0.39, 0.29) is 17.5 Å². The number of aliphatic imine (C=N–C) groups is 1. The Morgan fingerprint density at radius 2 is 1.82 bits per heavy atom. The average Bonchev–Trinajstić information content (AvgIpc) is 3.14. The van der Waals surface area contributed by atoms with Gasteiger partial charge in [0, 0.05) is 23.8 Å². The van der Waals surface area contributed by atoms with Gasteiger partial charge in [-0.2, -0.15) is 0 Å². The molecule has 1 fully saturated rings. The number of nitrogens with zero attached hydrogens (tertiary/aromatic N) is 2. The number of halogens is 2. The standard InChI is InChI=1S/C25H26Cl2N4O2S/c1-14-6-7-15(2)19(12-14)30-24-20(25(33)31-10-4-3-5-11-31)21(28)22(34-24)23(32)29-18-9-8-16(26)13-17(18)27/h6-9,12-13,22H,3-5,10-11,28H2,1-2H3,(H,29,32)/t22-/m1/s1. The molecule has 0 unspecified atom stereocenters. The molecule has 0 aromatic heterocycles. The molecule has 1 atom stereocenters. The summed E-state index contributed by atoms with van der Waals surface area (Å²) in [6, 6.07) is 10.8. The first-order chi connectivity index (χ1) is 16.2. The molecule has 2 aliphatic heterocycles. The van der Waals surface area contributed by atoms with E-state index >= 15 is 0 Å². The number of nitrogens with two attached hydrogens (primary N) is 1. The van der Waals surface area contributed by atoms with Gasteiger partial charge in [-0.15, -0.1) is 0 Å². The van der Waals surface area contributed by atoms with Gasteiger partial charge in [0.15, 0.2) is 0 Å². The zero-order chi connectivity index (χ0) is 24.4. The van der Waals surface area contributed by atoms with Crippen LogP contribution >= 0.6 is 35.0 Å². The van der Waals surface area contributed by atoms with Crippen molar-refractivity contribution in [2.24, 2.45) is 10.7 Å². The maximum atomic E-state index is 13.5. The van der Waals surface area contributed by atoms with Crippen LogP contribution < -0.4 is 11.1 Å². The molecule has 34 heavy (non-hydrogen) atoms. The number of nitrogens with one attached hydrogen (secondary N) is 1. The van der Waals surface area contributed by atoms with Crippen molar-refractivity contribution >= 4 is 63.2 Å². The third kappa shape index (κ3) is 5.27. The summed E-state index contributed by atoms with van der Waals surface area (Å²) in [4.78, 5) is 33.3. The van der Waals surface area contributed by atoms with Crippen LogP contribution in [0.1, 0.15) is 30.4 Å². The lowest BCUT2D eigenvalue weighted by Gasteiger charge is -2.27. The van der Waals surface area contributed by atoms with Crippen molar-refractivity contribution in [3.8, 4) is 0 Å². The highest BCUT2D eigenvalue weighted by Crippen LogP contribution is 2.37. The highest BCUT2D eigenvalue weighted by atomic mass is 35.5. The molecule has 178 valence electrons. The fourth-order valence-electron chi connectivity index (χ4n) is 3.97. The molecule has 2 aliphatic rings. The highest BCUT2D eigenvalue weighted by molar-refractivity contribution is 8.16. The largest absolute Gasteiger partial charge is 0.400 e. The number of likely N-dealkylation sites (tertiary alicyclic amines) is 1. The molecule has 0 radical (unpaired) electrons. The third-order valence-corrected chi connectivity index (χ3v) is 7.66. The molecular weight excluding hydrogens is 491 g/mol. The average molecular weight is 517 g/mol. The van der Waals surface area contributed by atoms with Gasteiger partial charge in [-0.3, -0.25) is 9.59 Å². The fourth-order valence-corrected chi connectivity index (χ4v) is 5.54. The summed E-state index contributed by atoms with van der Waals surface area (Å²) in [5.41, 5.74) is 10.2. The van der Waals surface area contributed by atoms with Crippen molar-refractivity contribution in [1.82, 2.24) is 4.90 Å². The molecule has 2 aromatic carbocycles. The van der Waals surface area contributed by atoms with Crippen LogP contribution in [-0.2, 0) is 9.59 Å². The van der Waals surface area contributed by atoms with Gasteiger partial charge < -0.3 is 16.0 Å². The molecule has 4 rings (SSSR count). The van der Waals surface area contributed by atoms with E-state index in [4.69, 9.17) is 33.9 Å². The predicted molar refractivity (Wildman–Crippen MR) is 141 cm³/mol. The van der Waals surface area contributed by atoms with Crippen LogP contribution in [0.5, 0.6) is 0 Å². The van der Waals surface area contributed by atoms with Crippen LogP contribution in [0.25, 0.3) is 0 Å². The van der Waals surface area contributed by atoms with Crippen molar-refractivity contribution in [2.75, 3.05) is 18.4 Å². The summed E-state index contributed by atoms with van der Waals surface area (Å²) in [6.07, 6.45) is 3.01. The number of aryl methyl sites for hydroxylation is 2. The minimum atomic E-state index is -0.806. The van der Waals surface area contributed by atoms with E-state index in [0.29, 0.717) is 39.4 Å². The lowest BCUT2D eigenvalue weighted by molar-refractivity contribution is -0.127. The van der Waals surface area contributed by atoms with Gasteiger partial charge in [0.05, 0.1) is 22.0 Å². The second-order valence-corrected chi connectivity index (χ2v) is 10.4. The zero-order valence-electron chi connectivity index (χ0n) is 19.0. The van der Waals surface area contributed by atoms with Gasteiger partial charge in [0.1, 0.15) is 10.3 Å². The molecule has 2 aromatic rings. The van der Waals surface area contributed by atoms with Gasteiger partial charge in [-0.05, 0) is 68.5 Å². The molecule has 0 spiro atoms. The highest BCUT2D eigenvalue weighted by Gasteiger charge is 2.40. The Morgan fingerprint density at radius 1 is 1.09 bits per heavy atom. The number of amides is 2. The summed E-state index contributed by atoms with van der Waals surface area (Å²) in [5.74, 6) is -0.546. The van der Waals surface area contributed by atoms with Gasteiger partial charge in [-0.25, -0.2) is 4.99 Å². The second-order valence-electron chi connectivity index (χ2n) is 8.50. The minimum absolute atomic E-state index is 0.173. The molecule has 6 nitrogen and oxygen atoms in total. The van der Waals surface area contributed by atoms with Gasteiger partial charge in [0.25, 0.3) is 5.91 Å². The molecule has 3 N–H and O–H groups in total. The van der Waals surface area contributed by atoms with E-state index in [2.05, 4.69) is 5.32 Å². The monoisotopic (exact) mass is 516 g/mol. The Morgan fingerprint density at radius 3 is 2.53 bits per heavy atom. The summed E-state index contributed by atoms with van der Waals surface area (Å²) in [7, 11) is 0. The quantitative estimate of drug-likeness (QED) is 0.551. The van der Waals surface area contributed by atoms with Crippen molar-refractivity contribution < 1.29 is 9.59 Å². The summed E-state index contributed by atoms with van der Waals surface area (Å²) < 4.78 is 0. The van der Waals surface area contributed by atoms with Crippen LogP contribution in [-0.4, -0.2) is 40.1 Å². The number of piperidine rings is 1. The number of thioether (sulfide) groups is 1. The van der Waals surface area contributed by atoms with Crippen LogP contribution in [0.2, 0.25) is 10.0 Å². The Labute approximate surface area is 213 Å². The molecule has 2 amide bonds. The van der Waals surface area contributed by atoms with Crippen molar-refractivity contribution in [2.45, 2.75) is 38.4 Å². The summed E-state index contributed by atoms with van der Waals surface area (Å²) in [5, 5.41) is 3.25. The Bertz CT molecular complexity index is 1210. The second kappa shape index (κ2) is 10.4. The zero-order valence-corrected chi connectivity index (χ0v) is 21.4. The van der Waals surface area contributed by atoms with Crippen molar-refractivity contribution in [3.63, 3.8) is 0 Å². The summed E-state index contributed by atoms with van der Waals surface area (Å²) in [6.45, 7) is 5.30. The number of carbonyl (C=O) groups excluding carboxylic acids is 2. The Kier molecular flexibility index (Phi) is 7.55. The fraction of sp³-hybridized carbons (Fsp3) is 0.320. The molecular formula is C25H26Cl2N4O2S. The topological polar surface area (TPSA) is 87.8 Å². The molecule has 9 heteroatoms. The smallest absolute Gasteiger partial charge is 0.258 e. The lowest BCUT2D eigenvalue weighted by atomic mass is 10.1. The van der Waals surface area contributed by atoms with Gasteiger partial charge >= 0.3 is 0 Å². The molecule has 0 bridgehead atoms. The number of benzene rings is 2. The van der Waals surface area contributed by atoms with Gasteiger partial charge in [0.2, 0.25) is 5.91 Å². The molecule has 0 saturated carbocycles. The normalized spacial score (nSPS) is 19.6. The van der Waals surface area contributed by atoms with E-state index in [9.17, 15) is 9.59 Å². The van der Waals surface area contributed by atoms with E-state index in [1.54, 1.807) is 23.1 Å². The maximum Gasteiger partial charge on any atom is 0.258 e. The first-order valence-corrected chi connectivity index (χ1v) is 12.8. The molecule has 2 heterocycles. The number of hydrogen-bond acceptors (Lipinski definition) is 5. The van der Waals surface area contributed by atoms with Crippen LogP contribution in [0, 0.1) is 13.8 Å². The third-order valence-electron chi connectivity index (χ3n) is 5.89. The molecule has 0 aliphatic carbocycles. The number of hydrogen-bond donors (Lipinski definition) is 2. The first-order valence-electron chi connectivity index (χ1n) is 11.1. The predicted octanol–water partition coefficient (Wildman–Crippen LogP) is 5.62. The maximum absolute atomic E-state index is 13.5. The minimum Gasteiger partial charge on any atom is -0.400 e. The number of carbonyl (C=O) groups is 2.